The van der Waals surface area contributed by atoms with Gasteiger partial charge in [-0.05, 0) is 29.9 Å². The van der Waals surface area contributed by atoms with Crippen LogP contribution in [-0.4, -0.2) is 9.67 Å². The number of hydrogen-bond donors (Lipinski definition) is 1. The second-order valence-corrected chi connectivity index (χ2v) is 5.14. The van der Waals surface area contributed by atoms with Crippen molar-refractivity contribution in [2.24, 2.45) is 0 Å². The molecule has 0 bridgehead atoms. The minimum Gasteiger partial charge on any atom is -0.494 e. The largest absolute Gasteiger partial charge is 0.494 e. The number of aromatic nitrogens is 1. The van der Waals surface area contributed by atoms with Crippen LogP contribution < -0.4 is 0 Å². The molecular weight excluding hydrogens is 283 g/mol. The fourth-order valence-corrected chi connectivity index (χ4v) is 2.37. The predicted molar refractivity (Wildman–Crippen MR) is 65.4 cm³/mol. The molecule has 1 aromatic carbocycles. The van der Waals surface area contributed by atoms with Crippen molar-refractivity contribution < 1.29 is 18.3 Å². The lowest BCUT2D eigenvalue weighted by Gasteiger charge is -2.08. The van der Waals surface area contributed by atoms with Crippen LogP contribution in [0, 0.1) is 3.95 Å². The Kier molecular flexibility index (Phi) is 3.45. The van der Waals surface area contributed by atoms with Gasteiger partial charge in [-0.3, -0.25) is 4.57 Å². The molecule has 2 nitrogen and oxygen atoms in total. The molecule has 2 aromatic rings. The van der Waals surface area contributed by atoms with Crippen LogP contribution in [0.3, 0.4) is 0 Å². The Balaban J connectivity index is 2.24. The third-order valence-corrected chi connectivity index (χ3v) is 3.64. The van der Waals surface area contributed by atoms with Crippen molar-refractivity contribution in [2.45, 2.75) is 12.7 Å². The van der Waals surface area contributed by atoms with E-state index in [9.17, 15) is 18.3 Å². The minimum atomic E-state index is -4.33. The Morgan fingerprint density at radius 3 is 2.28 bits per heavy atom. The molecule has 0 radical (unpaired) electrons. The van der Waals surface area contributed by atoms with E-state index >= 15 is 0 Å². The summed E-state index contributed by atoms with van der Waals surface area (Å²) in [6.07, 6.45) is -4.33. The maximum absolute atomic E-state index is 12.4. The molecule has 0 unspecified atom stereocenters. The molecule has 0 fully saturated rings. The summed E-state index contributed by atoms with van der Waals surface area (Å²) in [5, 5.41) is 11.0. The summed E-state index contributed by atoms with van der Waals surface area (Å²) in [7, 11) is 0. The molecule has 1 heterocycles. The lowest BCUT2D eigenvalue weighted by molar-refractivity contribution is -0.137. The van der Waals surface area contributed by atoms with Crippen LogP contribution in [-0.2, 0) is 12.7 Å². The normalized spacial score (nSPS) is 11.7. The Labute approximate surface area is 110 Å². The van der Waals surface area contributed by atoms with Crippen molar-refractivity contribution in [3.8, 4) is 5.88 Å². The predicted octanol–water partition coefficient (Wildman–Crippen LogP) is 4.05. The average molecular weight is 291 g/mol. The number of aromatic hydroxyl groups is 1. The molecule has 2 rings (SSSR count). The molecule has 7 heteroatoms. The molecule has 0 saturated heterocycles. The van der Waals surface area contributed by atoms with Gasteiger partial charge in [0.15, 0.2) is 3.95 Å². The summed E-state index contributed by atoms with van der Waals surface area (Å²) < 4.78 is 39.0. The van der Waals surface area contributed by atoms with E-state index in [0.717, 1.165) is 12.1 Å². The molecule has 0 aliphatic heterocycles. The van der Waals surface area contributed by atoms with Gasteiger partial charge in [-0.25, -0.2) is 0 Å². The van der Waals surface area contributed by atoms with Crippen LogP contribution in [0.1, 0.15) is 11.1 Å². The highest BCUT2D eigenvalue weighted by atomic mass is 32.1. The molecule has 96 valence electrons. The van der Waals surface area contributed by atoms with Crippen molar-refractivity contribution in [3.63, 3.8) is 0 Å². The second kappa shape index (κ2) is 4.74. The highest BCUT2D eigenvalue weighted by Gasteiger charge is 2.29. The molecule has 0 aliphatic rings. The van der Waals surface area contributed by atoms with Gasteiger partial charge >= 0.3 is 6.18 Å². The van der Waals surface area contributed by atoms with Crippen LogP contribution >= 0.6 is 23.6 Å². The van der Waals surface area contributed by atoms with Crippen LogP contribution in [0.4, 0.5) is 13.2 Å². The van der Waals surface area contributed by atoms with Crippen molar-refractivity contribution in [2.75, 3.05) is 0 Å². The highest BCUT2D eigenvalue weighted by Crippen LogP contribution is 2.29. The molecule has 0 amide bonds. The first-order valence-corrected chi connectivity index (χ1v) is 6.20. The van der Waals surface area contributed by atoms with E-state index in [0.29, 0.717) is 9.52 Å². The van der Waals surface area contributed by atoms with Gasteiger partial charge in [0.25, 0.3) is 0 Å². The SMILES string of the molecule is Oc1csc(=S)n1Cc1ccc(C(F)(F)F)cc1. The summed E-state index contributed by atoms with van der Waals surface area (Å²) >= 11 is 6.20. The standard InChI is InChI=1S/C11H8F3NOS2/c12-11(13,14)8-3-1-7(2-4-8)5-15-9(16)6-18-10(15)17/h1-4,6,16H,5H2. The number of rotatable bonds is 2. The van der Waals surface area contributed by atoms with E-state index in [2.05, 4.69) is 0 Å². The van der Waals surface area contributed by atoms with Gasteiger partial charge in [-0.1, -0.05) is 12.1 Å². The monoisotopic (exact) mass is 291 g/mol. The van der Waals surface area contributed by atoms with Gasteiger partial charge in [-0.15, -0.1) is 11.3 Å². The maximum atomic E-state index is 12.4. The van der Waals surface area contributed by atoms with E-state index < -0.39 is 11.7 Å². The first-order chi connectivity index (χ1) is 8.38. The molecule has 0 atom stereocenters. The Bertz CT molecular complexity index is 598. The molecule has 0 spiro atoms. The number of thiazole rings is 1. The van der Waals surface area contributed by atoms with Crippen LogP contribution in [0.2, 0.25) is 0 Å². The van der Waals surface area contributed by atoms with Gasteiger partial charge in [-0.2, -0.15) is 13.2 Å². The molecule has 0 saturated carbocycles. The maximum Gasteiger partial charge on any atom is 0.416 e. The number of nitrogens with zero attached hydrogens (tertiary/aromatic N) is 1. The zero-order chi connectivity index (χ0) is 13.3. The number of halogens is 3. The van der Waals surface area contributed by atoms with E-state index in [1.54, 1.807) is 0 Å². The van der Waals surface area contributed by atoms with Crippen molar-refractivity contribution >= 4 is 23.6 Å². The van der Waals surface area contributed by atoms with Crippen molar-refractivity contribution in [1.82, 2.24) is 4.57 Å². The Morgan fingerprint density at radius 2 is 1.83 bits per heavy atom. The number of benzene rings is 1. The molecule has 0 aliphatic carbocycles. The lowest BCUT2D eigenvalue weighted by Crippen LogP contribution is -2.05. The van der Waals surface area contributed by atoms with Gasteiger partial charge in [0.1, 0.15) is 0 Å². The highest BCUT2D eigenvalue weighted by molar-refractivity contribution is 7.73. The Morgan fingerprint density at radius 1 is 1.22 bits per heavy atom. The summed E-state index contributed by atoms with van der Waals surface area (Å²) in [5.74, 6) is 0.0184. The average Bonchev–Trinajstić information content (AvgIpc) is 2.60. The van der Waals surface area contributed by atoms with Crippen LogP contribution in [0.5, 0.6) is 5.88 Å². The van der Waals surface area contributed by atoms with E-state index in [-0.39, 0.29) is 12.4 Å². The minimum absolute atomic E-state index is 0.0184. The van der Waals surface area contributed by atoms with Gasteiger partial charge in [0.2, 0.25) is 5.88 Å². The van der Waals surface area contributed by atoms with Crippen molar-refractivity contribution in [1.29, 1.82) is 0 Å². The number of alkyl halides is 3. The Hall–Kier alpha value is -1.34. The molecule has 1 N–H and O–H groups in total. The third kappa shape index (κ3) is 2.73. The number of hydrogen-bond acceptors (Lipinski definition) is 3. The molecular formula is C11H8F3NOS2. The third-order valence-electron chi connectivity index (χ3n) is 2.38. The quantitative estimate of drug-likeness (QED) is 0.844. The van der Waals surface area contributed by atoms with Gasteiger partial charge < -0.3 is 5.11 Å². The van der Waals surface area contributed by atoms with Crippen LogP contribution in [0.25, 0.3) is 0 Å². The topological polar surface area (TPSA) is 25.2 Å². The second-order valence-electron chi connectivity index (χ2n) is 3.64. The van der Waals surface area contributed by atoms with Gasteiger partial charge in [0, 0.05) is 0 Å². The van der Waals surface area contributed by atoms with Crippen molar-refractivity contribution in [3.05, 3.63) is 44.7 Å². The van der Waals surface area contributed by atoms with E-state index in [4.69, 9.17) is 12.2 Å². The van der Waals surface area contributed by atoms with Gasteiger partial charge in [0.05, 0.1) is 17.5 Å². The lowest BCUT2D eigenvalue weighted by atomic mass is 10.1. The summed E-state index contributed by atoms with van der Waals surface area (Å²) in [5.41, 5.74) is -0.0443. The summed E-state index contributed by atoms with van der Waals surface area (Å²) in [6, 6.07) is 4.79. The zero-order valence-electron chi connectivity index (χ0n) is 8.94. The first-order valence-electron chi connectivity index (χ1n) is 4.91. The smallest absolute Gasteiger partial charge is 0.416 e. The fourth-order valence-electron chi connectivity index (χ4n) is 1.45. The zero-order valence-corrected chi connectivity index (χ0v) is 10.6. The molecule has 1 aromatic heterocycles. The van der Waals surface area contributed by atoms with E-state index in [1.165, 1.54) is 33.4 Å². The van der Waals surface area contributed by atoms with E-state index in [1.807, 2.05) is 0 Å². The summed E-state index contributed by atoms with van der Waals surface area (Å²) in [6.45, 7) is 0.256. The first kappa shape index (κ1) is 13.1. The molecule has 18 heavy (non-hydrogen) atoms. The fraction of sp³-hybridized carbons (Fsp3) is 0.182. The van der Waals surface area contributed by atoms with Crippen LogP contribution in [0.15, 0.2) is 29.6 Å². The summed E-state index contributed by atoms with van der Waals surface area (Å²) in [4.78, 5) is 0.